The highest BCUT2D eigenvalue weighted by Gasteiger charge is 2.34. The van der Waals surface area contributed by atoms with Gasteiger partial charge in [0.1, 0.15) is 6.04 Å². The number of hydrogen-bond acceptors (Lipinski definition) is 6. The lowest BCUT2D eigenvalue weighted by Gasteiger charge is -2.35. The molecule has 3 N–H and O–H groups in total. The first-order chi connectivity index (χ1) is 14.6. The van der Waals surface area contributed by atoms with E-state index in [1.54, 1.807) is 17.0 Å². The Hall–Kier alpha value is -1.95. The number of carbonyl (C=O) groups excluding carboxylic acids is 3. The minimum Gasteiger partial charge on any atom is -0.369 e. The first-order valence-electron chi connectivity index (χ1n) is 9.96. The minimum absolute atomic E-state index is 0.147. The van der Waals surface area contributed by atoms with Crippen molar-refractivity contribution in [3.8, 4) is 0 Å². The largest absolute Gasteiger partial charge is 0.369 e. The molecule has 0 spiro atoms. The zero-order valence-corrected chi connectivity index (χ0v) is 19.2. The van der Waals surface area contributed by atoms with E-state index >= 15 is 0 Å². The molecule has 3 rings (SSSR count). The number of piperidine rings is 2. The summed E-state index contributed by atoms with van der Waals surface area (Å²) in [7, 11) is -3.85. The predicted molar refractivity (Wildman–Crippen MR) is 119 cm³/mol. The fraction of sp³-hybridized carbons (Fsp3) is 0.526. The van der Waals surface area contributed by atoms with Crippen molar-refractivity contribution in [2.45, 2.75) is 31.7 Å². The Labute approximate surface area is 190 Å². The summed E-state index contributed by atoms with van der Waals surface area (Å²) in [5.41, 5.74) is 5.36. The van der Waals surface area contributed by atoms with Gasteiger partial charge in [0, 0.05) is 29.9 Å². The van der Waals surface area contributed by atoms with E-state index in [9.17, 15) is 22.8 Å². The van der Waals surface area contributed by atoms with Gasteiger partial charge in [-0.25, -0.2) is 8.42 Å². The maximum atomic E-state index is 12.8. The van der Waals surface area contributed by atoms with Crippen LogP contribution in [0.25, 0.3) is 6.08 Å². The van der Waals surface area contributed by atoms with E-state index in [2.05, 4.69) is 4.72 Å². The number of nitrogens with two attached hydrogens (primary N) is 1. The van der Waals surface area contributed by atoms with Gasteiger partial charge in [0.05, 0.1) is 16.8 Å². The van der Waals surface area contributed by atoms with Crippen LogP contribution >= 0.6 is 22.9 Å². The zero-order valence-electron chi connectivity index (χ0n) is 16.8. The average Bonchev–Trinajstić information content (AvgIpc) is 3.15. The van der Waals surface area contributed by atoms with Crippen molar-refractivity contribution in [3.05, 3.63) is 26.8 Å². The number of nitrogens with zero attached hydrogens (tertiary/aromatic N) is 2. The van der Waals surface area contributed by atoms with E-state index < -0.39 is 27.9 Å². The maximum absolute atomic E-state index is 12.8. The van der Waals surface area contributed by atoms with Crippen LogP contribution in [-0.4, -0.2) is 68.2 Å². The number of thiophene rings is 1. The molecule has 12 heteroatoms. The topological polar surface area (TPSA) is 130 Å². The number of likely N-dealkylation sites (tertiary alicyclic amines) is 2. The van der Waals surface area contributed by atoms with E-state index in [1.807, 2.05) is 0 Å². The van der Waals surface area contributed by atoms with Crippen LogP contribution in [0.2, 0.25) is 4.34 Å². The number of rotatable bonds is 7. The Bertz CT molecular complexity index is 978. The van der Waals surface area contributed by atoms with Gasteiger partial charge in [0.15, 0.2) is 0 Å². The van der Waals surface area contributed by atoms with Crippen molar-refractivity contribution in [1.29, 1.82) is 0 Å². The number of nitrogens with one attached hydrogen (secondary N) is 1. The molecule has 31 heavy (non-hydrogen) atoms. The number of hydrogen-bond donors (Lipinski definition) is 2. The third-order valence-electron chi connectivity index (χ3n) is 5.35. The maximum Gasteiger partial charge on any atom is 0.242 e. The standard InChI is InChI=1S/C19H25ClN4O5S2/c20-16-6-5-14(30-16)7-10-31(28,29)22-15-4-2-9-24(19(15)27)12-17(25)23-8-1-3-13(11-23)18(21)26/h5-7,10,13,15,22H,1-4,8-9,11-12H2,(H2,21,26)/b10-7+. The molecular weight excluding hydrogens is 464 g/mol. The van der Waals surface area contributed by atoms with Crippen LogP contribution in [0.3, 0.4) is 0 Å². The summed E-state index contributed by atoms with van der Waals surface area (Å²) in [5, 5.41) is 1.00. The molecule has 2 aliphatic heterocycles. The molecule has 0 radical (unpaired) electrons. The second-order valence-electron chi connectivity index (χ2n) is 7.64. The third kappa shape index (κ3) is 6.52. The molecule has 2 fully saturated rings. The van der Waals surface area contributed by atoms with Crippen molar-refractivity contribution in [1.82, 2.24) is 14.5 Å². The number of primary amides is 1. The molecule has 2 saturated heterocycles. The molecule has 3 amide bonds. The van der Waals surface area contributed by atoms with Gasteiger partial charge >= 0.3 is 0 Å². The van der Waals surface area contributed by atoms with Crippen molar-refractivity contribution in [2.24, 2.45) is 11.7 Å². The van der Waals surface area contributed by atoms with Crippen LogP contribution in [0.4, 0.5) is 0 Å². The van der Waals surface area contributed by atoms with Gasteiger partial charge < -0.3 is 15.5 Å². The highest BCUT2D eigenvalue weighted by molar-refractivity contribution is 7.92. The molecule has 0 aromatic carbocycles. The second-order valence-corrected chi connectivity index (χ2v) is 11.0. The van der Waals surface area contributed by atoms with Crippen LogP contribution in [0, 0.1) is 5.92 Å². The molecule has 9 nitrogen and oxygen atoms in total. The zero-order chi connectivity index (χ0) is 22.6. The highest BCUT2D eigenvalue weighted by atomic mass is 35.5. The summed E-state index contributed by atoms with van der Waals surface area (Å²) in [5.74, 6) is -1.50. The molecule has 2 aliphatic rings. The van der Waals surface area contributed by atoms with Crippen LogP contribution in [0.15, 0.2) is 17.5 Å². The molecule has 0 aliphatic carbocycles. The SMILES string of the molecule is NC(=O)C1CCCN(C(=O)CN2CCCC(NS(=O)(=O)/C=C/c3ccc(Cl)s3)C2=O)C1. The van der Waals surface area contributed by atoms with Gasteiger partial charge in [-0.05, 0) is 43.9 Å². The minimum atomic E-state index is -3.85. The summed E-state index contributed by atoms with van der Waals surface area (Å²) in [6.45, 7) is 0.994. The molecule has 2 unspecified atom stereocenters. The van der Waals surface area contributed by atoms with Crippen LogP contribution in [0.5, 0.6) is 0 Å². The van der Waals surface area contributed by atoms with Gasteiger partial charge in [-0.1, -0.05) is 11.6 Å². The van der Waals surface area contributed by atoms with Gasteiger partial charge in [-0.2, -0.15) is 4.72 Å². The van der Waals surface area contributed by atoms with Crippen LogP contribution < -0.4 is 10.5 Å². The second kappa shape index (κ2) is 10.1. The lowest BCUT2D eigenvalue weighted by molar-refractivity contribution is -0.144. The van der Waals surface area contributed by atoms with Gasteiger partial charge in [-0.15, -0.1) is 11.3 Å². The fourth-order valence-electron chi connectivity index (χ4n) is 3.72. The Kier molecular flexibility index (Phi) is 7.73. The van der Waals surface area contributed by atoms with Crippen molar-refractivity contribution in [2.75, 3.05) is 26.2 Å². The number of halogens is 1. The van der Waals surface area contributed by atoms with Gasteiger partial charge in [0.25, 0.3) is 0 Å². The van der Waals surface area contributed by atoms with E-state index in [0.29, 0.717) is 48.0 Å². The highest BCUT2D eigenvalue weighted by Crippen LogP contribution is 2.23. The Morgan fingerprint density at radius 2 is 2.00 bits per heavy atom. The first kappa shape index (κ1) is 23.7. The molecule has 3 heterocycles. The third-order valence-corrected chi connectivity index (χ3v) is 7.65. The molecule has 1 aromatic heterocycles. The van der Waals surface area contributed by atoms with Crippen LogP contribution in [0.1, 0.15) is 30.6 Å². The van der Waals surface area contributed by atoms with Gasteiger partial charge in [-0.3, -0.25) is 14.4 Å². The van der Waals surface area contributed by atoms with E-state index in [1.165, 1.54) is 22.3 Å². The lowest BCUT2D eigenvalue weighted by Crippen LogP contribution is -2.55. The number of carbonyl (C=O) groups is 3. The summed E-state index contributed by atoms with van der Waals surface area (Å²) in [6, 6.07) is 2.43. The number of sulfonamides is 1. The van der Waals surface area contributed by atoms with Crippen molar-refractivity contribution < 1.29 is 22.8 Å². The van der Waals surface area contributed by atoms with Crippen molar-refractivity contribution >= 4 is 56.8 Å². The van der Waals surface area contributed by atoms with E-state index in [-0.39, 0.29) is 24.9 Å². The molecule has 0 bridgehead atoms. The van der Waals surface area contributed by atoms with Crippen LogP contribution in [-0.2, 0) is 24.4 Å². The predicted octanol–water partition coefficient (Wildman–Crippen LogP) is 1.01. The summed E-state index contributed by atoms with van der Waals surface area (Å²) in [4.78, 5) is 40.5. The fourth-order valence-corrected chi connectivity index (χ4v) is 5.79. The molecule has 170 valence electrons. The van der Waals surface area contributed by atoms with E-state index in [0.717, 1.165) is 5.41 Å². The summed E-state index contributed by atoms with van der Waals surface area (Å²) < 4.78 is 27.7. The summed E-state index contributed by atoms with van der Waals surface area (Å²) in [6.07, 6.45) is 3.67. The molecule has 1 aromatic rings. The normalized spacial score (nSPS) is 22.8. The van der Waals surface area contributed by atoms with Gasteiger partial charge in [0.2, 0.25) is 27.7 Å². The molecule has 0 saturated carbocycles. The average molecular weight is 489 g/mol. The van der Waals surface area contributed by atoms with E-state index in [4.69, 9.17) is 17.3 Å². The molecule has 2 atom stereocenters. The monoisotopic (exact) mass is 488 g/mol. The quantitative estimate of drug-likeness (QED) is 0.591. The molecular formula is C19H25ClN4O5S2. The Morgan fingerprint density at radius 3 is 2.68 bits per heavy atom. The smallest absolute Gasteiger partial charge is 0.242 e. The summed E-state index contributed by atoms with van der Waals surface area (Å²) >= 11 is 7.08. The first-order valence-corrected chi connectivity index (χ1v) is 12.7. The Balaban J connectivity index is 1.58. The lowest BCUT2D eigenvalue weighted by atomic mass is 9.97. The number of amides is 3. The van der Waals surface area contributed by atoms with Crippen molar-refractivity contribution in [3.63, 3.8) is 0 Å². The Morgan fingerprint density at radius 1 is 1.26 bits per heavy atom.